The second-order valence-corrected chi connectivity index (χ2v) is 16.1. The van der Waals surface area contributed by atoms with E-state index in [0.717, 1.165) is 57.8 Å². The Labute approximate surface area is 241 Å². The van der Waals surface area contributed by atoms with Crippen LogP contribution in [-0.4, -0.2) is 30.4 Å². The number of rotatable bonds is 4. The second kappa shape index (κ2) is 9.30. The van der Waals surface area contributed by atoms with E-state index in [4.69, 9.17) is 9.47 Å². The Morgan fingerprint density at radius 3 is 2.30 bits per heavy atom. The van der Waals surface area contributed by atoms with Crippen molar-refractivity contribution in [2.45, 2.75) is 119 Å². The molecule has 222 valence electrons. The van der Waals surface area contributed by atoms with Gasteiger partial charge in [0.1, 0.15) is 12.7 Å². The Hall–Kier alpha value is -1.91. The van der Waals surface area contributed by atoms with Crippen molar-refractivity contribution in [1.29, 1.82) is 0 Å². The largest absolute Gasteiger partial charge is 0.462 e. The van der Waals surface area contributed by atoms with E-state index >= 15 is 0 Å². The van der Waals surface area contributed by atoms with E-state index in [1.54, 1.807) is 6.08 Å². The summed E-state index contributed by atoms with van der Waals surface area (Å²) in [5.74, 6) is 0.397. The van der Waals surface area contributed by atoms with Crippen molar-refractivity contribution in [3.8, 4) is 0 Å². The first-order chi connectivity index (χ1) is 18.5. The highest BCUT2D eigenvalue weighted by Gasteiger charge is 2.70. The van der Waals surface area contributed by atoms with Gasteiger partial charge in [0.25, 0.3) is 0 Å². The maximum absolute atomic E-state index is 14.5. The molecule has 0 radical (unpaired) electrons. The maximum atomic E-state index is 14.5. The number of hydrogen-bond acceptors (Lipinski definition) is 5. The van der Waals surface area contributed by atoms with Crippen molar-refractivity contribution in [3.05, 3.63) is 24.3 Å². The zero-order valence-electron chi connectivity index (χ0n) is 26.3. The molecule has 0 spiro atoms. The Bertz CT molecular complexity index is 1150. The number of carbonyl (C=O) groups excluding carboxylic acids is 3. The van der Waals surface area contributed by atoms with Crippen molar-refractivity contribution in [3.63, 3.8) is 0 Å². The van der Waals surface area contributed by atoms with E-state index in [-0.39, 0.29) is 69.3 Å². The number of fused-ring (bicyclic) bond motifs is 7. The zero-order chi connectivity index (χ0) is 29.5. The van der Waals surface area contributed by atoms with Gasteiger partial charge in [-0.1, -0.05) is 59.8 Å². The molecular weight excluding hydrogens is 500 g/mol. The SMILES string of the molecule is C=CCOC(=O)[C@]1(C)CC[C@]2(C)CC[C@]3(C)C(=CC(=O)[C@@H]4[C@]5(C)CC[C@H](OC(C)=O)C(C)(C)[C@@H]5CC[C@@]43C)[C@H]2C1. The number of carbonyl (C=O) groups is 3. The van der Waals surface area contributed by atoms with Gasteiger partial charge in [0.15, 0.2) is 5.78 Å². The predicted molar refractivity (Wildman–Crippen MR) is 156 cm³/mol. The molecule has 0 N–H and O–H groups in total. The van der Waals surface area contributed by atoms with Gasteiger partial charge in [-0.2, -0.15) is 0 Å². The standard InChI is InChI=1S/C35H52O5/c1-10-19-39-29(38)32(6)16-15-31(5)17-18-34(8)23(24(31)21-32)20-25(37)28-33(7)13-12-27(40-22(2)36)30(3,4)26(33)11-14-35(28,34)9/h10,20,24,26-28H,1,11-19,21H2,2-9H3/t24-,26+,27+,28-,31-,32-,33-,34-,35+/m1/s1. The Balaban J connectivity index is 1.54. The molecule has 5 aliphatic rings. The van der Waals surface area contributed by atoms with Crippen molar-refractivity contribution in [2.24, 2.45) is 50.2 Å². The van der Waals surface area contributed by atoms with Gasteiger partial charge in [-0.05, 0) is 104 Å². The predicted octanol–water partition coefficient (Wildman–Crippen LogP) is 7.63. The van der Waals surface area contributed by atoms with Crippen LogP contribution in [0.25, 0.3) is 0 Å². The molecule has 5 nitrogen and oxygen atoms in total. The first-order valence-corrected chi connectivity index (χ1v) is 15.7. The number of esters is 2. The molecule has 0 unspecified atom stereocenters. The van der Waals surface area contributed by atoms with Gasteiger partial charge in [-0.25, -0.2) is 0 Å². The van der Waals surface area contributed by atoms with Crippen LogP contribution in [0, 0.1) is 50.2 Å². The lowest BCUT2D eigenvalue weighted by molar-refractivity contribution is -0.210. The molecule has 5 rings (SSSR count). The van der Waals surface area contributed by atoms with E-state index in [1.165, 1.54) is 12.5 Å². The number of ether oxygens (including phenoxy) is 2. The molecule has 0 aromatic rings. The van der Waals surface area contributed by atoms with E-state index in [2.05, 4.69) is 61.1 Å². The minimum Gasteiger partial charge on any atom is -0.462 e. The zero-order valence-corrected chi connectivity index (χ0v) is 26.3. The quantitative estimate of drug-likeness (QED) is 0.265. The molecule has 0 bridgehead atoms. The summed E-state index contributed by atoms with van der Waals surface area (Å²) in [5, 5.41) is 0. The van der Waals surface area contributed by atoms with E-state index in [9.17, 15) is 14.4 Å². The molecule has 4 saturated carbocycles. The van der Waals surface area contributed by atoms with Gasteiger partial charge in [0, 0.05) is 18.3 Å². The van der Waals surface area contributed by atoms with Gasteiger partial charge in [0.05, 0.1) is 5.41 Å². The lowest BCUT2D eigenvalue weighted by atomic mass is 9.33. The van der Waals surface area contributed by atoms with Crippen LogP contribution in [0.5, 0.6) is 0 Å². The summed E-state index contributed by atoms with van der Waals surface area (Å²) in [6.07, 6.45) is 12.1. The van der Waals surface area contributed by atoms with Crippen LogP contribution in [0.1, 0.15) is 113 Å². The summed E-state index contributed by atoms with van der Waals surface area (Å²) >= 11 is 0. The first kappa shape index (κ1) is 29.6. The Morgan fingerprint density at radius 1 is 0.975 bits per heavy atom. The average Bonchev–Trinajstić information content (AvgIpc) is 2.86. The van der Waals surface area contributed by atoms with Crippen LogP contribution in [0.3, 0.4) is 0 Å². The van der Waals surface area contributed by atoms with Crippen LogP contribution in [0.15, 0.2) is 24.3 Å². The summed E-state index contributed by atoms with van der Waals surface area (Å²) in [7, 11) is 0. The molecule has 0 saturated heterocycles. The van der Waals surface area contributed by atoms with Crippen LogP contribution >= 0.6 is 0 Å². The van der Waals surface area contributed by atoms with E-state index in [1.807, 2.05) is 0 Å². The summed E-state index contributed by atoms with van der Waals surface area (Å²) in [6.45, 7) is 21.6. The first-order valence-electron chi connectivity index (χ1n) is 15.7. The highest BCUT2D eigenvalue weighted by atomic mass is 16.5. The molecule has 5 heteroatoms. The van der Waals surface area contributed by atoms with Crippen LogP contribution in [0.4, 0.5) is 0 Å². The normalized spacial score (nSPS) is 47.4. The molecular formula is C35H52O5. The van der Waals surface area contributed by atoms with E-state index < -0.39 is 5.41 Å². The highest BCUT2D eigenvalue weighted by Crippen LogP contribution is 2.75. The number of allylic oxidation sites excluding steroid dienone is 2. The van der Waals surface area contributed by atoms with Crippen molar-refractivity contribution in [2.75, 3.05) is 6.61 Å². The highest BCUT2D eigenvalue weighted by molar-refractivity contribution is 5.95. The summed E-state index contributed by atoms with van der Waals surface area (Å²) in [6, 6.07) is 0. The molecule has 0 aromatic carbocycles. The third-order valence-corrected chi connectivity index (χ3v) is 13.6. The monoisotopic (exact) mass is 552 g/mol. The summed E-state index contributed by atoms with van der Waals surface area (Å²) in [5.41, 5.74) is 0.279. The lowest BCUT2D eigenvalue weighted by Crippen LogP contribution is -2.66. The Kier molecular flexibility index (Phi) is 6.87. The second-order valence-electron chi connectivity index (χ2n) is 16.1. The van der Waals surface area contributed by atoms with Crippen molar-refractivity contribution < 1.29 is 23.9 Å². The van der Waals surface area contributed by atoms with Crippen LogP contribution in [-0.2, 0) is 23.9 Å². The minimum atomic E-state index is -0.546. The third-order valence-electron chi connectivity index (χ3n) is 13.6. The molecule has 40 heavy (non-hydrogen) atoms. The fourth-order valence-corrected chi connectivity index (χ4v) is 11.1. The Morgan fingerprint density at radius 2 is 1.65 bits per heavy atom. The molecule has 0 amide bonds. The van der Waals surface area contributed by atoms with Gasteiger partial charge in [0.2, 0.25) is 0 Å². The van der Waals surface area contributed by atoms with Crippen LogP contribution < -0.4 is 0 Å². The molecule has 0 aromatic heterocycles. The summed E-state index contributed by atoms with van der Waals surface area (Å²) in [4.78, 5) is 39.7. The maximum Gasteiger partial charge on any atom is 0.312 e. The smallest absolute Gasteiger partial charge is 0.312 e. The number of ketones is 1. The third kappa shape index (κ3) is 3.95. The van der Waals surface area contributed by atoms with Gasteiger partial charge < -0.3 is 9.47 Å². The van der Waals surface area contributed by atoms with E-state index in [0.29, 0.717) is 5.92 Å². The molecule has 4 fully saturated rings. The number of hydrogen-bond donors (Lipinski definition) is 0. The van der Waals surface area contributed by atoms with Gasteiger partial charge in [-0.3, -0.25) is 14.4 Å². The summed E-state index contributed by atoms with van der Waals surface area (Å²) < 4.78 is 11.4. The molecule has 9 atom stereocenters. The van der Waals surface area contributed by atoms with Crippen molar-refractivity contribution in [1.82, 2.24) is 0 Å². The molecule has 0 aliphatic heterocycles. The fraction of sp³-hybridized carbons (Fsp3) is 0.800. The lowest BCUT2D eigenvalue weighted by Gasteiger charge is -2.70. The minimum absolute atomic E-state index is 0.0538. The fourth-order valence-electron chi connectivity index (χ4n) is 11.1. The van der Waals surface area contributed by atoms with Crippen molar-refractivity contribution >= 4 is 17.7 Å². The van der Waals surface area contributed by atoms with Gasteiger partial charge >= 0.3 is 11.9 Å². The molecule has 5 aliphatic carbocycles. The van der Waals surface area contributed by atoms with Gasteiger partial charge in [-0.15, -0.1) is 0 Å². The topological polar surface area (TPSA) is 69.7 Å². The molecule has 0 heterocycles. The average molecular weight is 553 g/mol. The van der Waals surface area contributed by atoms with Crippen LogP contribution in [0.2, 0.25) is 0 Å².